The Balaban J connectivity index is 1.95. The third-order valence-electron chi connectivity index (χ3n) is 6.44. The summed E-state index contributed by atoms with van der Waals surface area (Å²) >= 11 is 0. The number of nitrogens with zero attached hydrogens (tertiary/aromatic N) is 1. The van der Waals surface area contributed by atoms with Crippen LogP contribution in [0.4, 0.5) is 0 Å². The predicted molar refractivity (Wildman–Crippen MR) is 101 cm³/mol. The SMILES string of the molecule is C[C@H](O)[C@@]12C[C@@H](C(N)=O)c3[nH]c4ccccc4c3CCN(C[C@H](O)[C@H]1O)C2=O. The fraction of sp³-hybridized carbons (Fsp3) is 0.500. The molecular formula is C20H25N3O5. The third kappa shape index (κ3) is 2.56. The van der Waals surface area contributed by atoms with Crippen LogP contribution in [0, 0.1) is 5.41 Å². The number of carbonyl (C=O) groups excluding carboxylic acids is 2. The summed E-state index contributed by atoms with van der Waals surface area (Å²) in [5, 5.41) is 32.7. The van der Waals surface area contributed by atoms with Crippen molar-refractivity contribution in [3.05, 3.63) is 35.5 Å². The molecule has 150 valence electrons. The number of nitrogens with two attached hydrogens (primary N) is 1. The lowest BCUT2D eigenvalue weighted by molar-refractivity contribution is -0.189. The van der Waals surface area contributed by atoms with Crippen LogP contribution >= 0.6 is 0 Å². The van der Waals surface area contributed by atoms with Crippen LogP contribution in [0.3, 0.4) is 0 Å². The number of aliphatic hydroxyl groups is 3. The number of hydrogen-bond donors (Lipinski definition) is 5. The van der Waals surface area contributed by atoms with Crippen molar-refractivity contribution in [2.75, 3.05) is 13.1 Å². The molecule has 2 bridgehead atoms. The molecular weight excluding hydrogens is 362 g/mol. The number of amides is 2. The fourth-order valence-electron chi connectivity index (χ4n) is 4.89. The van der Waals surface area contributed by atoms with E-state index in [-0.39, 0.29) is 13.0 Å². The van der Waals surface area contributed by atoms with Gasteiger partial charge in [-0.05, 0) is 31.4 Å². The topological polar surface area (TPSA) is 140 Å². The molecule has 2 aliphatic heterocycles. The molecule has 1 fully saturated rings. The first-order chi connectivity index (χ1) is 13.3. The van der Waals surface area contributed by atoms with E-state index in [0.29, 0.717) is 18.7 Å². The highest BCUT2D eigenvalue weighted by molar-refractivity contribution is 5.92. The van der Waals surface area contributed by atoms with Gasteiger partial charge in [0.05, 0.1) is 24.2 Å². The fourth-order valence-corrected chi connectivity index (χ4v) is 4.89. The van der Waals surface area contributed by atoms with Crippen molar-refractivity contribution in [2.24, 2.45) is 11.1 Å². The van der Waals surface area contributed by atoms with E-state index in [0.717, 1.165) is 16.5 Å². The van der Waals surface area contributed by atoms with Crippen molar-refractivity contribution in [3.63, 3.8) is 0 Å². The lowest BCUT2D eigenvalue weighted by atomic mass is 9.66. The van der Waals surface area contributed by atoms with Crippen LogP contribution in [0.5, 0.6) is 0 Å². The summed E-state index contributed by atoms with van der Waals surface area (Å²) in [5.41, 5.74) is 6.37. The molecule has 2 amide bonds. The maximum Gasteiger partial charge on any atom is 0.234 e. The van der Waals surface area contributed by atoms with Gasteiger partial charge in [-0.1, -0.05) is 18.2 Å². The largest absolute Gasteiger partial charge is 0.392 e. The molecule has 2 aromatic rings. The van der Waals surface area contributed by atoms with Gasteiger partial charge in [0, 0.05) is 29.7 Å². The molecule has 2 aliphatic rings. The molecule has 3 heterocycles. The number of carbonyl (C=O) groups is 2. The van der Waals surface area contributed by atoms with Crippen molar-refractivity contribution in [3.8, 4) is 0 Å². The number of para-hydroxylation sites is 1. The molecule has 8 nitrogen and oxygen atoms in total. The number of aliphatic hydroxyl groups excluding tert-OH is 3. The first-order valence-electron chi connectivity index (χ1n) is 9.49. The van der Waals surface area contributed by atoms with Crippen LogP contribution in [-0.4, -0.2) is 68.4 Å². The normalized spacial score (nSPS) is 31.6. The number of aromatic nitrogens is 1. The number of piperidine rings is 1. The van der Waals surface area contributed by atoms with Gasteiger partial charge in [0.25, 0.3) is 0 Å². The van der Waals surface area contributed by atoms with E-state index in [2.05, 4.69) is 4.98 Å². The summed E-state index contributed by atoms with van der Waals surface area (Å²) in [5.74, 6) is -2.02. The van der Waals surface area contributed by atoms with Crippen molar-refractivity contribution in [1.29, 1.82) is 0 Å². The highest BCUT2D eigenvalue weighted by Crippen LogP contribution is 2.45. The number of rotatable bonds is 2. The molecule has 6 N–H and O–H groups in total. The molecule has 0 radical (unpaired) electrons. The maximum atomic E-state index is 13.3. The second-order valence-electron chi connectivity index (χ2n) is 7.95. The molecule has 5 atom stereocenters. The Morgan fingerprint density at radius 3 is 2.75 bits per heavy atom. The number of fused-ring (bicyclic) bond motifs is 5. The Morgan fingerprint density at radius 2 is 2.07 bits per heavy atom. The summed E-state index contributed by atoms with van der Waals surface area (Å²) in [6.45, 7) is 1.68. The van der Waals surface area contributed by atoms with Gasteiger partial charge in [-0.3, -0.25) is 9.59 Å². The van der Waals surface area contributed by atoms with E-state index >= 15 is 0 Å². The number of nitrogens with one attached hydrogen (secondary N) is 1. The van der Waals surface area contributed by atoms with E-state index in [1.54, 1.807) is 0 Å². The van der Waals surface area contributed by atoms with Crippen molar-refractivity contribution in [1.82, 2.24) is 9.88 Å². The summed E-state index contributed by atoms with van der Waals surface area (Å²) in [7, 11) is 0. The molecule has 28 heavy (non-hydrogen) atoms. The summed E-state index contributed by atoms with van der Waals surface area (Å²) in [6.07, 6.45) is -3.71. The minimum atomic E-state index is -1.71. The Kier molecular flexibility index (Phi) is 4.45. The molecule has 4 rings (SSSR count). The van der Waals surface area contributed by atoms with E-state index in [9.17, 15) is 24.9 Å². The average molecular weight is 387 g/mol. The summed E-state index contributed by atoms with van der Waals surface area (Å²) < 4.78 is 0. The zero-order valence-electron chi connectivity index (χ0n) is 15.6. The Labute approximate surface area is 161 Å². The monoisotopic (exact) mass is 387 g/mol. The van der Waals surface area contributed by atoms with E-state index in [1.807, 2.05) is 24.3 Å². The van der Waals surface area contributed by atoms with E-state index in [4.69, 9.17) is 5.73 Å². The van der Waals surface area contributed by atoms with Crippen LogP contribution in [0.1, 0.15) is 30.5 Å². The number of H-pyrrole nitrogens is 1. The highest BCUT2D eigenvalue weighted by Gasteiger charge is 2.58. The lowest BCUT2D eigenvalue weighted by Crippen LogP contribution is -2.66. The molecule has 1 saturated heterocycles. The van der Waals surface area contributed by atoms with Gasteiger partial charge in [-0.15, -0.1) is 0 Å². The van der Waals surface area contributed by atoms with E-state index < -0.39 is 41.5 Å². The van der Waals surface area contributed by atoms with Crippen molar-refractivity contribution >= 4 is 22.7 Å². The first-order valence-corrected chi connectivity index (χ1v) is 9.49. The molecule has 0 unspecified atom stereocenters. The highest BCUT2D eigenvalue weighted by atomic mass is 16.3. The molecule has 0 aliphatic carbocycles. The minimum absolute atomic E-state index is 0.0204. The van der Waals surface area contributed by atoms with Crippen molar-refractivity contribution < 1.29 is 24.9 Å². The predicted octanol–water partition coefficient (Wildman–Crippen LogP) is -0.386. The second-order valence-corrected chi connectivity index (χ2v) is 7.95. The average Bonchev–Trinajstić information content (AvgIpc) is 3.02. The number of aromatic amines is 1. The Morgan fingerprint density at radius 1 is 1.36 bits per heavy atom. The lowest BCUT2D eigenvalue weighted by Gasteiger charge is -2.49. The number of primary amides is 1. The van der Waals surface area contributed by atoms with Crippen LogP contribution < -0.4 is 5.73 Å². The molecule has 8 heteroatoms. The smallest absolute Gasteiger partial charge is 0.234 e. The zero-order chi connectivity index (χ0) is 20.2. The van der Waals surface area contributed by atoms with Gasteiger partial charge < -0.3 is 30.9 Å². The number of hydrogen-bond acceptors (Lipinski definition) is 5. The van der Waals surface area contributed by atoms with Crippen LogP contribution in [0.2, 0.25) is 0 Å². The van der Waals surface area contributed by atoms with Crippen LogP contribution in [-0.2, 0) is 16.0 Å². The number of benzene rings is 1. The van der Waals surface area contributed by atoms with Crippen molar-refractivity contribution in [2.45, 2.75) is 44.0 Å². The van der Waals surface area contributed by atoms with Gasteiger partial charge >= 0.3 is 0 Å². The Bertz CT molecular complexity index is 939. The molecule has 1 aromatic heterocycles. The zero-order valence-corrected chi connectivity index (χ0v) is 15.6. The standard InChI is InChI=1S/C20H25N3O5/c1-10(24)20-8-13(18(21)27)16-12(11-4-2-3-5-14(11)22-16)6-7-23(19(20)28)9-15(25)17(20)26/h2-5,10,13,15,17,22,24-26H,6-9H2,1H3,(H2,21,27)/t10-,13+,15-,17+,20-/m0/s1. The maximum absolute atomic E-state index is 13.3. The molecule has 0 saturated carbocycles. The van der Waals surface area contributed by atoms with Gasteiger partial charge in [0.15, 0.2) is 0 Å². The van der Waals surface area contributed by atoms with Gasteiger partial charge in [-0.2, -0.15) is 0 Å². The van der Waals surface area contributed by atoms with Gasteiger partial charge in [0.2, 0.25) is 11.8 Å². The third-order valence-corrected chi connectivity index (χ3v) is 6.44. The van der Waals surface area contributed by atoms with E-state index in [1.165, 1.54) is 11.8 Å². The van der Waals surface area contributed by atoms with Crippen LogP contribution in [0.25, 0.3) is 10.9 Å². The quantitative estimate of drug-likeness (QED) is 0.478. The second kappa shape index (κ2) is 6.58. The summed E-state index contributed by atoms with van der Waals surface area (Å²) in [4.78, 5) is 30.5. The van der Waals surface area contributed by atoms with Crippen LogP contribution in [0.15, 0.2) is 24.3 Å². The molecule has 1 aromatic carbocycles. The van der Waals surface area contributed by atoms with Gasteiger partial charge in [-0.25, -0.2) is 0 Å². The first kappa shape index (κ1) is 18.9. The summed E-state index contributed by atoms with van der Waals surface area (Å²) in [6, 6.07) is 7.63. The molecule has 0 spiro atoms. The van der Waals surface area contributed by atoms with Gasteiger partial charge in [0.1, 0.15) is 5.41 Å². The Hall–Kier alpha value is -2.42. The minimum Gasteiger partial charge on any atom is -0.392 e.